The van der Waals surface area contributed by atoms with Crippen LogP contribution in [-0.4, -0.2) is 11.2 Å². The highest BCUT2D eigenvalue weighted by molar-refractivity contribution is 7.26. The molecule has 4 rings (SSSR count). The zero-order valence-corrected chi connectivity index (χ0v) is 15.8. The van der Waals surface area contributed by atoms with Gasteiger partial charge in [0.05, 0.1) is 15.8 Å². The van der Waals surface area contributed by atoms with Crippen molar-refractivity contribution < 1.29 is 13.2 Å². The lowest BCUT2D eigenvalue weighted by Crippen LogP contribution is -2.34. The Kier molecular flexibility index (Phi) is 4.22. The Morgan fingerprint density at radius 1 is 0.926 bits per heavy atom. The Morgan fingerprint density at radius 3 is 2.37 bits per heavy atom. The lowest BCUT2D eigenvalue weighted by molar-refractivity contribution is -0.211. The van der Waals surface area contributed by atoms with E-state index in [1.165, 1.54) is 13.8 Å². The van der Waals surface area contributed by atoms with Crippen molar-refractivity contribution in [1.82, 2.24) is 4.98 Å². The number of pyridine rings is 1. The summed E-state index contributed by atoms with van der Waals surface area (Å²) in [6, 6.07) is 17.6. The molecule has 138 valence electrons. The fraction of sp³-hybridized carbons (Fsp3) is 0.227. The SMILES string of the molecule is CC(C)(Cc1ccc2c(c1)sc1c(-c3ccccc3)nccc12)C(F)(F)F. The molecular weight excluding hydrogens is 367 g/mol. The number of aromatic nitrogens is 1. The first-order valence-corrected chi connectivity index (χ1v) is 9.50. The second-order valence-electron chi connectivity index (χ2n) is 7.39. The van der Waals surface area contributed by atoms with Gasteiger partial charge in [0.2, 0.25) is 0 Å². The van der Waals surface area contributed by atoms with Crippen molar-refractivity contribution in [2.75, 3.05) is 0 Å². The summed E-state index contributed by atoms with van der Waals surface area (Å²) >= 11 is 1.59. The highest BCUT2D eigenvalue weighted by Crippen LogP contribution is 2.42. The summed E-state index contributed by atoms with van der Waals surface area (Å²) in [6.07, 6.45) is -2.48. The van der Waals surface area contributed by atoms with E-state index in [0.29, 0.717) is 5.56 Å². The maximum absolute atomic E-state index is 13.2. The smallest absolute Gasteiger partial charge is 0.255 e. The maximum atomic E-state index is 13.2. The number of alkyl halides is 3. The van der Waals surface area contributed by atoms with Gasteiger partial charge in [-0.15, -0.1) is 11.3 Å². The normalized spacial score (nSPS) is 12.8. The number of hydrogen-bond acceptors (Lipinski definition) is 2. The minimum absolute atomic E-state index is 0.0372. The Bertz CT molecular complexity index is 1110. The van der Waals surface area contributed by atoms with Crippen molar-refractivity contribution >= 4 is 31.5 Å². The van der Waals surface area contributed by atoms with Crippen molar-refractivity contribution in [3.05, 3.63) is 66.4 Å². The highest BCUT2D eigenvalue weighted by Gasteiger charge is 2.46. The topological polar surface area (TPSA) is 12.9 Å². The number of hydrogen-bond donors (Lipinski definition) is 0. The van der Waals surface area contributed by atoms with E-state index in [9.17, 15) is 13.2 Å². The van der Waals surface area contributed by atoms with Crippen molar-refractivity contribution in [2.45, 2.75) is 26.4 Å². The molecule has 0 unspecified atom stereocenters. The second kappa shape index (κ2) is 6.34. The first-order chi connectivity index (χ1) is 12.8. The lowest BCUT2D eigenvalue weighted by Gasteiger charge is -2.27. The fourth-order valence-electron chi connectivity index (χ4n) is 3.27. The molecule has 5 heteroatoms. The largest absolute Gasteiger partial charge is 0.394 e. The lowest BCUT2D eigenvalue weighted by atomic mass is 9.85. The number of fused-ring (bicyclic) bond motifs is 3. The first-order valence-electron chi connectivity index (χ1n) is 8.68. The van der Waals surface area contributed by atoms with Crippen LogP contribution in [0.4, 0.5) is 13.2 Å². The van der Waals surface area contributed by atoms with Crippen LogP contribution < -0.4 is 0 Å². The zero-order valence-electron chi connectivity index (χ0n) is 15.0. The average Bonchev–Trinajstić information content (AvgIpc) is 2.99. The molecule has 0 radical (unpaired) electrons. The van der Waals surface area contributed by atoms with Gasteiger partial charge in [-0.3, -0.25) is 4.98 Å². The monoisotopic (exact) mass is 385 g/mol. The molecule has 2 heterocycles. The molecule has 4 aromatic rings. The fourth-order valence-corrected chi connectivity index (χ4v) is 4.54. The molecule has 2 aromatic carbocycles. The van der Waals surface area contributed by atoms with Crippen molar-refractivity contribution in [3.8, 4) is 11.3 Å². The quantitative estimate of drug-likeness (QED) is 0.362. The Labute approximate surface area is 159 Å². The van der Waals surface area contributed by atoms with Gasteiger partial charge in [0.25, 0.3) is 0 Å². The second-order valence-corrected chi connectivity index (χ2v) is 8.45. The van der Waals surface area contributed by atoms with Crippen LogP contribution in [0, 0.1) is 5.41 Å². The molecule has 0 aliphatic rings. The van der Waals surface area contributed by atoms with E-state index in [2.05, 4.69) is 4.98 Å². The molecular formula is C22H18F3NS. The van der Waals surface area contributed by atoms with Crippen molar-refractivity contribution in [1.29, 1.82) is 0 Å². The summed E-state index contributed by atoms with van der Waals surface area (Å²) in [7, 11) is 0. The molecule has 0 aliphatic heterocycles. The number of rotatable bonds is 3. The standard InChI is InChI=1S/C22H18F3NS/c1-21(2,22(23,24)25)13-14-8-9-16-17-10-11-26-19(15-6-4-3-5-7-15)20(17)27-18(16)12-14/h3-12H,13H2,1-2H3. The number of thiophene rings is 1. The summed E-state index contributed by atoms with van der Waals surface area (Å²) in [6.45, 7) is 2.50. The van der Waals surface area contributed by atoms with E-state index < -0.39 is 11.6 Å². The van der Waals surface area contributed by atoms with Crippen molar-refractivity contribution in [3.63, 3.8) is 0 Å². The predicted molar refractivity (Wildman–Crippen MR) is 106 cm³/mol. The van der Waals surface area contributed by atoms with Gasteiger partial charge in [-0.1, -0.05) is 56.3 Å². The zero-order chi connectivity index (χ0) is 19.2. The van der Waals surface area contributed by atoms with Gasteiger partial charge < -0.3 is 0 Å². The van der Waals surface area contributed by atoms with Gasteiger partial charge in [0.1, 0.15) is 0 Å². The van der Waals surface area contributed by atoms with Crippen LogP contribution in [0.2, 0.25) is 0 Å². The molecule has 0 bridgehead atoms. The molecule has 0 saturated carbocycles. The predicted octanol–water partition coefficient (Wildman–Crippen LogP) is 7.25. The number of nitrogens with zero attached hydrogens (tertiary/aromatic N) is 1. The van der Waals surface area contributed by atoms with Crippen LogP contribution in [0.1, 0.15) is 19.4 Å². The van der Waals surface area contributed by atoms with E-state index >= 15 is 0 Å². The van der Waals surface area contributed by atoms with Gasteiger partial charge in [0.15, 0.2) is 0 Å². The van der Waals surface area contributed by atoms with Crippen LogP contribution >= 0.6 is 11.3 Å². The molecule has 0 aliphatic carbocycles. The molecule has 27 heavy (non-hydrogen) atoms. The Hall–Kier alpha value is -2.40. The summed E-state index contributed by atoms with van der Waals surface area (Å²) in [5, 5.41) is 2.15. The van der Waals surface area contributed by atoms with E-state index in [1.54, 1.807) is 17.5 Å². The molecule has 1 nitrogen and oxygen atoms in total. The molecule has 0 fully saturated rings. The van der Waals surface area contributed by atoms with Crippen LogP contribution in [0.5, 0.6) is 0 Å². The van der Waals surface area contributed by atoms with E-state index in [0.717, 1.165) is 31.4 Å². The van der Waals surface area contributed by atoms with Gasteiger partial charge in [-0.25, -0.2) is 0 Å². The summed E-state index contributed by atoms with van der Waals surface area (Å²) in [4.78, 5) is 4.55. The summed E-state index contributed by atoms with van der Waals surface area (Å²) < 4.78 is 41.8. The molecule has 0 atom stereocenters. The Morgan fingerprint density at radius 2 is 1.67 bits per heavy atom. The van der Waals surface area contributed by atoms with E-state index in [4.69, 9.17) is 0 Å². The minimum atomic E-state index is -4.23. The van der Waals surface area contributed by atoms with Crippen LogP contribution in [0.3, 0.4) is 0 Å². The van der Waals surface area contributed by atoms with Gasteiger partial charge >= 0.3 is 6.18 Å². The first kappa shape index (κ1) is 18.0. The minimum Gasteiger partial charge on any atom is -0.255 e. The number of halogens is 3. The molecule has 0 N–H and O–H groups in total. The molecule has 2 aromatic heterocycles. The molecule has 0 saturated heterocycles. The van der Waals surface area contributed by atoms with Crippen molar-refractivity contribution in [2.24, 2.45) is 5.41 Å². The van der Waals surface area contributed by atoms with Crippen LogP contribution in [0.25, 0.3) is 31.4 Å². The van der Waals surface area contributed by atoms with E-state index in [1.807, 2.05) is 54.6 Å². The van der Waals surface area contributed by atoms with Gasteiger partial charge in [0, 0.05) is 27.2 Å². The molecule has 0 spiro atoms. The van der Waals surface area contributed by atoms with Gasteiger partial charge in [-0.05, 0) is 24.1 Å². The van der Waals surface area contributed by atoms with E-state index in [-0.39, 0.29) is 6.42 Å². The third kappa shape index (κ3) is 3.21. The van der Waals surface area contributed by atoms with Crippen LogP contribution in [-0.2, 0) is 6.42 Å². The van der Waals surface area contributed by atoms with Crippen LogP contribution in [0.15, 0.2) is 60.8 Å². The summed E-state index contributed by atoms with van der Waals surface area (Å²) in [5.74, 6) is 0. The Balaban J connectivity index is 1.83. The number of benzene rings is 2. The average molecular weight is 385 g/mol. The maximum Gasteiger partial charge on any atom is 0.394 e. The van der Waals surface area contributed by atoms with Gasteiger partial charge in [-0.2, -0.15) is 13.2 Å². The third-order valence-electron chi connectivity index (χ3n) is 4.91. The molecule has 0 amide bonds. The highest BCUT2D eigenvalue weighted by atomic mass is 32.1. The summed E-state index contributed by atoms with van der Waals surface area (Å²) in [5.41, 5.74) is 0.888. The third-order valence-corrected chi connectivity index (χ3v) is 6.09.